The molecule has 176 valence electrons. The van der Waals surface area contributed by atoms with Crippen LogP contribution in [-0.4, -0.2) is 45.4 Å². The number of benzene rings is 1. The Labute approximate surface area is 206 Å². The molecule has 0 aliphatic carbocycles. The SMILES string of the molecule is CC(=O)OCCCOC(=O)CC[C@@H]1N=C(c2ccccn2)c2cc(Br)ccc2-n2c(C)cnc21. The van der Waals surface area contributed by atoms with E-state index in [1.807, 2.05) is 49.5 Å². The number of hydrogen-bond donors (Lipinski definition) is 0. The van der Waals surface area contributed by atoms with Crippen molar-refractivity contribution in [1.82, 2.24) is 14.5 Å². The second-order valence-electron chi connectivity index (χ2n) is 7.92. The van der Waals surface area contributed by atoms with Crippen LogP contribution in [0.25, 0.3) is 5.69 Å². The van der Waals surface area contributed by atoms with E-state index in [1.165, 1.54) is 6.92 Å². The highest BCUT2D eigenvalue weighted by Gasteiger charge is 2.28. The number of ether oxygens (including phenoxy) is 2. The molecule has 9 heteroatoms. The summed E-state index contributed by atoms with van der Waals surface area (Å²) in [6, 6.07) is 11.4. The maximum atomic E-state index is 12.4. The van der Waals surface area contributed by atoms with Crippen LogP contribution in [0.1, 0.15) is 55.0 Å². The molecule has 0 fully saturated rings. The van der Waals surface area contributed by atoms with Crippen LogP contribution in [0.2, 0.25) is 0 Å². The number of carbonyl (C=O) groups is 2. The molecule has 3 heterocycles. The van der Waals surface area contributed by atoms with E-state index in [4.69, 9.17) is 14.5 Å². The van der Waals surface area contributed by atoms with E-state index in [0.717, 1.165) is 38.6 Å². The first-order valence-electron chi connectivity index (χ1n) is 11.1. The topological polar surface area (TPSA) is 95.7 Å². The molecule has 0 radical (unpaired) electrons. The zero-order valence-corrected chi connectivity index (χ0v) is 20.6. The number of rotatable bonds is 8. The first-order valence-corrected chi connectivity index (χ1v) is 11.9. The number of imidazole rings is 1. The van der Waals surface area contributed by atoms with Crippen molar-refractivity contribution in [3.8, 4) is 5.69 Å². The summed E-state index contributed by atoms with van der Waals surface area (Å²) < 4.78 is 13.2. The number of fused-ring (bicyclic) bond motifs is 3. The van der Waals surface area contributed by atoms with E-state index in [0.29, 0.717) is 12.8 Å². The highest BCUT2D eigenvalue weighted by Crippen LogP contribution is 2.34. The normalized spacial score (nSPS) is 14.4. The molecule has 0 N–H and O–H groups in total. The number of carbonyl (C=O) groups excluding carboxylic acids is 2. The van der Waals surface area contributed by atoms with E-state index in [2.05, 4.69) is 30.5 Å². The van der Waals surface area contributed by atoms with E-state index < -0.39 is 0 Å². The highest BCUT2D eigenvalue weighted by molar-refractivity contribution is 9.10. The van der Waals surface area contributed by atoms with Gasteiger partial charge in [0.1, 0.15) is 11.9 Å². The molecule has 2 aromatic heterocycles. The fourth-order valence-electron chi connectivity index (χ4n) is 3.87. The van der Waals surface area contributed by atoms with E-state index >= 15 is 0 Å². The van der Waals surface area contributed by atoms with Crippen molar-refractivity contribution in [2.45, 2.75) is 39.2 Å². The summed E-state index contributed by atoms with van der Waals surface area (Å²) in [6.07, 6.45) is 4.65. The van der Waals surface area contributed by atoms with Crippen LogP contribution in [-0.2, 0) is 19.1 Å². The van der Waals surface area contributed by atoms with E-state index in [1.54, 1.807) is 6.20 Å². The Kier molecular flexibility index (Phi) is 7.52. The van der Waals surface area contributed by atoms with Gasteiger partial charge < -0.3 is 9.47 Å². The summed E-state index contributed by atoms with van der Waals surface area (Å²) >= 11 is 3.58. The first-order chi connectivity index (χ1) is 16.4. The van der Waals surface area contributed by atoms with Gasteiger partial charge in [-0.15, -0.1) is 0 Å². The number of nitrogens with zero attached hydrogens (tertiary/aromatic N) is 4. The summed E-state index contributed by atoms with van der Waals surface area (Å²) in [6.45, 7) is 3.78. The Morgan fingerprint density at radius 2 is 1.94 bits per heavy atom. The molecule has 0 unspecified atom stereocenters. The van der Waals surface area contributed by atoms with Gasteiger partial charge in [0.05, 0.1) is 30.3 Å². The zero-order chi connectivity index (χ0) is 24.1. The summed E-state index contributed by atoms with van der Waals surface area (Å²) in [7, 11) is 0. The fourth-order valence-corrected chi connectivity index (χ4v) is 4.23. The lowest BCUT2D eigenvalue weighted by Crippen LogP contribution is -2.12. The van der Waals surface area contributed by atoms with Crippen molar-refractivity contribution < 1.29 is 19.1 Å². The Bertz CT molecular complexity index is 1220. The van der Waals surface area contributed by atoms with Gasteiger partial charge in [0.15, 0.2) is 0 Å². The molecule has 0 amide bonds. The van der Waals surface area contributed by atoms with Crippen molar-refractivity contribution in [3.05, 3.63) is 76.0 Å². The van der Waals surface area contributed by atoms with E-state index in [9.17, 15) is 9.59 Å². The van der Waals surface area contributed by atoms with Crippen LogP contribution in [0.5, 0.6) is 0 Å². The highest BCUT2D eigenvalue weighted by atomic mass is 79.9. The van der Waals surface area contributed by atoms with Crippen LogP contribution in [0.4, 0.5) is 0 Å². The Hall–Kier alpha value is -3.33. The van der Waals surface area contributed by atoms with E-state index in [-0.39, 0.29) is 37.6 Å². The van der Waals surface area contributed by atoms with Gasteiger partial charge in [0, 0.05) is 47.9 Å². The van der Waals surface area contributed by atoms with Gasteiger partial charge in [-0.25, -0.2) is 4.98 Å². The smallest absolute Gasteiger partial charge is 0.305 e. The minimum absolute atomic E-state index is 0.184. The molecule has 8 nitrogen and oxygen atoms in total. The van der Waals surface area contributed by atoms with Crippen LogP contribution in [0.15, 0.2) is 58.3 Å². The van der Waals surface area contributed by atoms with Gasteiger partial charge in [-0.2, -0.15) is 0 Å². The number of pyridine rings is 1. The minimum atomic E-state index is -0.356. The number of esters is 2. The Balaban J connectivity index is 1.60. The fraction of sp³-hybridized carbons (Fsp3) is 0.320. The van der Waals surface area contributed by atoms with Gasteiger partial charge in [0.25, 0.3) is 0 Å². The lowest BCUT2D eigenvalue weighted by Gasteiger charge is -2.14. The molecule has 1 atom stereocenters. The molecule has 0 saturated heterocycles. The van der Waals surface area contributed by atoms with Gasteiger partial charge in [-0.3, -0.25) is 24.1 Å². The second-order valence-corrected chi connectivity index (χ2v) is 8.83. The Morgan fingerprint density at radius 1 is 1.12 bits per heavy atom. The quantitative estimate of drug-likeness (QED) is 0.317. The second kappa shape index (κ2) is 10.7. The molecule has 1 aromatic carbocycles. The molecule has 0 bridgehead atoms. The molecule has 0 saturated carbocycles. The predicted molar refractivity (Wildman–Crippen MR) is 130 cm³/mol. The van der Waals surface area contributed by atoms with Gasteiger partial charge in [0.2, 0.25) is 0 Å². The number of aliphatic imine (C=N–C) groups is 1. The lowest BCUT2D eigenvalue weighted by molar-refractivity contribution is -0.145. The molecule has 3 aromatic rings. The average molecular weight is 525 g/mol. The molecule has 1 aliphatic heterocycles. The maximum absolute atomic E-state index is 12.4. The van der Waals surface area contributed by atoms with Crippen LogP contribution in [0, 0.1) is 6.92 Å². The van der Waals surface area contributed by atoms with Crippen LogP contribution < -0.4 is 0 Å². The summed E-state index contributed by atoms with van der Waals surface area (Å²) in [5, 5.41) is 0. The standard InChI is InChI=1S/C25H25BrN4O4/c1-16-15-28-25-21(8-10-23(32)34-13-5-12-33-17(2)31)29-24(20-6-3-4-11-27-20)19-14-18(26)7-9-22(19)30(16)25/h3-4,6-7,9,11,14-15,21H,5,8,10,12-13H2,1-2H3/t21-/m0/s1. The number of halogens is 1. The lowest BCUT2D eigenvalue weighted by atomic mass is 10.0. The zero-order valence-electron chi connectivity index (χ0n) is 19.0. The summed E-state index contributed by atoms with van der Waals surface area (Å²) in [4.78, 5) is 37.5. The van der Waals surface area contributed by atoms with Gasteiger partial charge in [-0.1, -0.05) is 22.0 Å². The molecule has 1 aliphatic rings. The van der Waals surface area contributed by atoms with Crippen molar-refractivity contribution in [2.75, 3.05) is 13.2 Å². The number of aryl methyl sites for hydroxylation is 1. The monoisotopic (exact) mass is 524 g/mol. The number of aromatic nitrogens is 3. The summed E-state index contributed by atoms with van der Waals surface area (Å²) in [5.74, 6) is 0.103. The van der Waals surface area contributed by atoms with Crippen molar-refractivity contribution in [2.24, 2.45) is 4.99 Å². The molecule has 0 spiro atoms. The molecule has 4 rings (SSSR count). The maximum Gasteiger partial charge on any atom is 0.305 e. The summed E-state index contributed by atoms with van der Waals surface area (Å²) in [5.41, 5.74) is 4.39. The van der Waals surface area contributed by atoms with Gasteiger partial charge >= 0.3 is 11.9 Å². The third kappa shape index (κ3) is 5.41. The largest absolute Gasteiger partial charge is 0.466 e. The average Bonchev–Trinajstić information content (AvgIpc) is 3.13. The minimum Gasteiger partial charge on any atom is -0.466 e. The molecular formula is C25H25BrN4O4. The van der Waals surface area contributed by atoms with Crippen molar-refractivity contribution >= 4 is 33.6 Å². The van der Waals surface area contributed by atoms with Crippen molar-refractivity contribution in [3.63, 3.8) is 0 Å². The van der Waals surface area contributed by atoms with Crippen LogP contribution >= 0.6 is 15.9 Å². The molecule has 34 heavy (non-hydrogen) atoms. The first kappa shape index (κ1) is 23.8. The Morgan fingerprint density at radius 3 is 2.71 bits per heavy atom. The predicted octanol–water partition coefficient (Wildman–Crippen LogP) is 4.51. The molecular weight excluding hydrogens is 500 g/mol. The third-order valence-electron chi connectivity index (χ3n) is 5.39. The van der Waals surface area contributed by atoms with Gasteiger partial charge in [-0.05, 0) is 43.7 Å². The van der Waals surface area contributed by atoms with Crippen LogP contribution in [0.3, 0.4) is 0 Å². The number of hydrogen-bond acceptors (Lipinski definition) is 7. The van der Waals surface area contributed by atoms with Crippen molar-refractivity contribution in [1.29, 1.82) is 0 Å². The third-order valence-corrected chi connectivity index (χ3v) is 5.88.